The molecule has 0 radical (unpaired) electrons. The van der Waals surface area contributed by atoms with Crippen LogP contribution in [0.5, 0.6) is 0 Å². The third-order valence-electron chi connectivity index (χ3n) is 2.92. The van der Waals surface area contributed by atoms with Crippen LogP contribution in [0.1, 0.15) is 32.6 Å². The van der Waals surface area contributed by atoms with E-state index in [1.165, 1.54) is 25.7 Å². The van der Waals surface area contributed by atoms with Crippen molar-refractivity contribution in [3.8, 4) is 0 Å². The summed E-state index contributed by atoms with van der Waals surface area (Å²) in [5.74, 6) is -0.253. The van der Waals surface area contributed by atoms with Crippen LogP contribution in [-0.4, -0.2) is 29.5 Å². The summed E-state index contributed by atoms with van der Waals surface area (Å²) in [4.78, 5) is 10.8. The highest BCUT2D eigenvalue weighted by Crippen LogP contribution is 2.26. The average Bonchev–Trinajstić information content (AvgIpc) is 2.19. The van der Waals surface area contributed by atoms with Crippen LogP contribution in [0, 0.1) is 0 Å². The summed E-state index contributed by atoms with van der Waals surface area (Å²) in [7, 11) is 0. The van der Waals surface area contributed by atoms with E-state index in [0.717, 1.165) is 5.25 Å². The molecule has 0 heterocycles. The lowest BCUT2D eigenvalue weighted by Crippen LogP contribution is -2.45. The van der Waals surface area contributed by atoms with Gasteiger partial charge in [0.2, 0.25) is 5.91 Å². The number of hydrogen-bond donors (Lipinski definition) is 2. The van der Waals surface area contributed by atoms with Gasteiger partial charge < -0.3 is 11.1 Å². The first kappa shape index (κ1) is 11.9. The number of hydrogen-bond acceptors (Lipinski definition) is 3. The summed E-state index contributed by atoms with van der Waals surface area (Å²) in [6.45, 7) is 1.84. The number of nitrogens with one attached hydrogen (secondary N) is 1. The smallest absolute Gasteiger partial charge is 0.234 e. The van der Waals surface area contributed by atoms with Gasteiger partial charge in [0.1, 0.15) is 0 Å². The second-order valence-corrected chi connectivity index (χ2v) is 5.14. The SMILES string of the molecule is CSC1CCC(NC(C)C(N)=O)CC1. The van der Waals surface area contributed by atoms with Crippen LogP contribution < -0.4 is 11.1 Å². The van der Waals surface area contributed by atoms with Crippen LogP contribution in [0.25, 0.3) is 0 Å². The summed E-state index contributed by atoms with van der Waals surface area (Å²) in [5.41, 5.74) is 5.20. The molecule has 1 aliphatic rings. The highest BCUT2D eigenvalue weighted by molar-refractivity contribution is 7.99. The van der Waals surface area contributed by atoms with Crippen LogP contribution in [0.4, 0.5) is 0 Å². The van der Waals surface area contributed by atoms with E-state index in [-0.39, 0.29) is 11.9 Å². The molecule has 14 heavy (non-hydrogen) atoms. The van der Waals surface area contributed by atoms with Gasteiger partial charge in [0.25, 0.3) is 0 Å². The molecular weight excluding hydrogens is 196 g/mol. The fourth-order valence-corrected chi connectivity index (χ4v) is 2.64. The highest BCUT2D eigenvalue weighted by Gasteiger charge is 2.22. The van der Waals surface area contributed by atoms with Crippen molar-refractivity contribution in [1.29, 1.82) is 0 Å². The molecule has 0 bridgehead atoms. The number of amides is 1. The Balaban J connectivity index is 2.25. The van der Waals surface area contributed by atoms with Gasteiger partial charge in [-0.2, -0.15) is 11.8 Å². The van der Waals surface area contributed by atoms with Crippen molar-refractivity contribution in [2.24, 2.45) is 5.73 Å². The minimum absolute atomic E-state index is 0.189. The molecule has 1 atom stereocenters. The maximum absolute atomic E-state index is 10.8. The Morgan fingerprint density at radius 1 is 1.43 bits per heavy atom. The highest BCUT2D eigenvalue weighted by atomic mass is 32.2. The van der Waals surface area contributed by atoms with Crippen LogP contribution in [0.2, 0.25) is 0 Å². The topological polar surface area (TPSA) is 55.1 Å². The Morgan fingerprint density at radius 3 is 2.43 bits per heavy atom. The third-order valence-corrected chi connectivity index (χ3v) is 4.06. The third kappa shape index (κ3) is 3.50. The lowest BCUT2D eigenvalue weighted by Gasteiger charge is -2.29. The molecule has 82 valence electrons. The van der Waals surface area contributed by atoms with Gasteiger partial charge >= 0.3 is 0 Å². The second kappa shape index (κ2) is 5.61. The summed E-state index contributed by atoms with van der Waals surface area (Å²) in [6.07, 6.45) is 7.02. The first-order valence-electron chi connectivity index (χ1n) is 5.21. The fourth-order valence-electron chi connectivity index (χ4n) is 1.90. The molecule has 1 unspecified atom stereocenters. The summed E-state index contributed by atoms with van der Waals surface area (Å²) < 4.78 is 0. The number of nitrogens with two attached hydrogens (primary N) is 1. The average molecular weight is 216 g/mol. The minimum atomic E-state index is -0.253. The molecule has 1 fully saturated rings. The van der Waals surface area contributed by atoms with Crippen LogP contribution in [-0.2, 0) is 4.79 Å². The molecule has 1 aliphatic carbocycles. The molecule has 1 saturated carbocycles. The van der Waals surface area contributed by atoms with Crippen LogP contribution in [0.15, 0.2) is 0 Å². The van der Waals surface area contributed by atoms with Crippen molar-refractivity contribution in [2.45, 2.75) is 49.9 Å². The molecule has 3 N–H and O–H groups in total. The maximum Gasteiger partial charge on any atom is 0.234 e. The Bertz CT molecular complexity index is 191. The predicted octanol–water partition coefficient (Wildman–Crippen LogP) is 1.12. The second-order valence-electron chi connectivity index (χ2n) is 4.00. The van der Waals surface area contributed by atoms with E-state index in [2.05, 4.69) is 11.6 Å². The Morgan fingerprint density at radius 2 is 2.00 bits per heavy atom. The maximum atomic E-state index is 10.8. The van der Waals surface area contributed by atoms with Crippen LogP contribution >= 0.6 is 11.8 Å². The molecule has 0 saturated heterocycles. The number of carbonyl (C=O) groups is 1. The van der Waals surface area contributed by atoms with Gasteiger partial charge in [0, 0.05) is 11.3 Å². The van der Waals surface area contributed by atoms with Gasteiger partial charge in [-0.3, -0.25) is 4.79 Å². The van der Waals surface area contributed by atoms with E-state index in [1.54, 1.807) is 0 Å². The van der Waals surface area contributed by atoms with E-state index in [4.69, 9.17) is 5.73 Å². The van der Waals surface area contributed by atoms with Crippen molar-refractivity contribution in [1.82, 2.24) is 5.32 Å². The number of thioether (sulfide) groups is 1. The first-order valence-corrected chi connectivity index (χ1v) is 6.50. The monoisotopic (exact) mass is 216 g/mol. The molecule has 1 rings (SSSR count). The van der Waals surface area contributed by atoms with Crippen LogP contribution in [0.3, 0.4) is 0 Å². The molecule has 0 aromatic heterocycles. The Kier molecular flexibility index (Phi) is 4.75. The van der Waals surface area contributed by atoms with Crippen molar-refractivity contribution >= 4 is 17.7 Å². The molecule has 0 aliphatic heterocycles. The van der Waals surface area contributed by atoms with Crippen molar-refractivity contribution in [3.05, 3.63) is 0 Å². The zero-order valence-corrected chi connectivity index (χ0v) is 9.77. The number of carbonyl (C=O) groups excluding carboxylic acids is 1. The molecule has 0 spiro atoms. The number of rotatable bonds is 4. The lowest BCUT2D eigenvalue weighted by molar-refractivity contribution is -0.119. The standard InChI is InChI=1S/C10H20N2OS/c1-7(10(11)13)12-8-3-5-9(14-2)6-4-8/h7-9,12H,3-6H2,1-2H3,(H2,11,13). The quantitative estimate of drug-likeness (QED) is 0.740. The molecular formula is C10H20N2OS. The molecule has 0 aromatic rings. The molecule has 1 amide bonds. The van der Waals surface area contributed by atoms with E-state index >= 15 is 0 Å². The number of primary amides is 1. The van der Waals surface area contributed by atoms with E-state index in [0.29, 0.717) is 6.04 Å². The van der Waals surface area contributed by atoms with Gasteiger partial charge in [-0.05, 0) is 38.9 Å². The van der Waals surface area contributed by atoms with Gasteiger partial charge in [0.05, 0.1) is 6.04 Å². The molecule has 0 aromatic carbocycles. The molecule has 4 heteroatoms. The molecule has 3 nitrogen and oxygen atoms in total. The van der Waals surface area contributed by atoms with E-state index < -0.39 is 0 Å². The Labute approximate surface area is 90.2 Å². The van der Waals surface area contributed by atoms with E-state index in [1.807, 2.05) is 18.7 Å². The van der Waals surface area contributed by atoms with Gasteiger partial charge in [0.15, 0.2) is 0 Å². The van der Waals surface area contributed by atoms with Crippen molar-refractivity contribution in [2.75, 3.05) is 6.26 Å². The Hall–Kier alpha value is -0.220. The van der Waals surface area contributed by atoms with Gasteiger partial charge in [-0.25, -0.2) is 0 Å². The van der Waals surface area contributed by atoms with Crippen molar-refractivity contribution in [3.63, 3.8) is 0 Å². The van der Waals surface area contributed by atoms with Crippen molar-refractivity contribution < 1.29 is 4.79 Å². The predicted molar refractivity (Wildman–Crippen MR) is 61.4 cm³/mol. The lowest BCUT2D eigenvalue weighted by atomic mass is 9.94. The zero-order chi connectivity index (χ0) is 10.6. The normalized spacial score (nSPS) is 29.9. The van der Waals surface area contributed by atoms with Gasteiger partial charge in [-0.15, -0.1) is 0 Å². The summed E-state index contributed by atoms with van der Waals surface area (Å²) in [6, 6.07) is 0.298. The summed E-state index contributed by atoms with van der Waals surface area (Å²) >= 11 is 1.95. The minimum Gasteiger partial charge on any atom is -0.368 e. The summed E-state index contributed by atoms with van der Waals surface area (Å²) in [5, 5.41) is 4.10. The fraction of sp³-hybridized carbons (Fsp3) is 0.900. The largest absolute Gasteiger partial charge is 0.368 e. The van der Waals surface area contributed by atoms with E-state index in [9.17, 15) is 4.79 Å². The first-order chi connectivity index (χ1) is 6.63. The zero-order valence-electron chi connectivity index (χ0n) is 8.95. The van der Waals surface area contributed by atoms with Gasteiger partial charge in [-0.1, -0.05) is 0 Å².